The van der Waals surface area contributed by atoms with Crippen molar-refractivity contribution >= 4 is 24.2 Å². The number of cyclic esters (lactones) is 1. The number of likely N-dealkylation sites (N-methyl/N-ethyl adjacent to an activating group) is 1. The number of epoxide rings is 1. The third kappa shape index (κ3) is 12.5. The highest BCUT2D eigenvalue weighted by atomic mass is 16.7. The maximum atomic E-state index is 13.3. The van der Waals surface area contributed by atoms with E-state index in [9.17, 15) is 34.5 Å². The van der Waals surface area contributed by atoms with E-state index in [0.29, 0.717) is 12.7 Å². The Kier molecular flexibility index (Phi) is 17.0. The summed E-state index contributed by atoms with van der Waals surface area (Å²) < 4.78 is 54.1. The summed E-state index contributed by atoms with van der Waals surface area (Å²) in [6.07, 6.45) is -8.10. The van der Waals surface area contributed by atoms with E-state index in [0.717, 1.165) is 0 Å². The Morgan fingerprint density at radius 1 is 0.982 bits per heavy atom. The Bertz CT molecular complexity index is 1380. The van der Waals surface area contributed by atoms with E-state index < -0.39 is 121 Å². The fraction of sp³-hybridized carbons (Fsp3) is 0.850. The smallest absolute Gasteiger partial charge is 0.309 e. The van der Waals surface area contributed by atoms with E-state index in [2.05, 4.69) is 0 Å². The second kappa shape index (κ2) is 20.6. The number of aldehydes is 1. The summed E-state index contributed by atoms with van der Waals surface area (Å²) in [5.74, 6) is -2.95. The van der Waals surface area contributed by atoms with E-state index in [1.165, 1.54) is 14.0 Å². The van der Waals surface area contributed by atoms with Crippen molar-refractivity contribution < 1.29 is 77.1 Å². The lowest BCUT2D eigenvalue weighted by atomic mass is 9.82. The van der Waals surface area contributed by atoms with Crippen molar-refractivity contribution in [2.75, 3.05) is 21.2 Å². The van der Waals surface area contributed by atoms with Crippen molar-refractivity contribution in [3.63, 3.8) is 0 Å². The number of hydrogen-bond acceptors (Lipinski definition) is 17. The molecule has 0 radical (unpaired) electrons. The molecule has 0 bridgehead atoms. The van der Waals surface area contributed by atoms with Gasteiger partial charge in [-0.05, 0) is 60.0 Å². The number of aliphatic hydroxyl groups excluding tert-OH is 2. The van der Waals surface area contributed by atoms with Gasteiger partial charge in [-0.25, -0.2) is 0 Å². The molecule has 4 rings (SSSR count). The van der Waals surface area contributed by atoms with Gasteiger partial charge in [-0.2, -0.15) is 0 Å². The Hall–Kier alpha value is -2.58. The third-order valence-electron chi connectivity index (χ3n) is 11.3. The van der Waals surface area contributed by atoms with Crippen LogP contribution in [0.5, 0.6) is 0 Å². The third-order valence-corrected chi connectivity index (χ3v) is 11.3. The summed E-state index contributed by atoms with van der Waals surface area (Å²) in [7, 11) is 4.84. The molecule has 0 aliphatic carbocycles. The number of ether oxygens (including phenoxy) is 9. The normalized spacial score (nSPS) is 44.0. The molecule has 4 aliphatic rings. The van der Waals surface area contributed by atoms with Crippen molar-refractivity contribution in [2.24, 2.45) is 11.8 Å². The zero-order valence-corrected chi connectivity index (χ0v) is 34.9. The maximum Gasteiger partial charge on any atom is 0.309 e. The molecule has 17 heteroatoms. The molecular formula is C40H65NO16. The van der Waals surface area contributed by atoms with Gasteiger partial charge in [0.1, 0.15) is 48.5 Å². The molecule has 0 spiro atoms. The topological polar surface area (TPSA) is 219 Å². The van der Waals surface area contributed by atoms with Crippen molar-refractivity contribution in [3.05, 3.63) is 12.2 Å². The van der Waals surface area contributed by atoms with E-state index >= 15 is 0 Å². The number of carbonyl (C=O) groups is 4. The number of nitrogens with zero attached hydrogens (tertiary/aromatic N) is 1. The van der Waals surface area contributed by atoms with Gasteiger partial charge in [-0.15, -0.1) is 0 Å². The van der Waals surface area contributed by atoms with Gasteiger partial charge in [0.15, 0.2) is 18.7 Å². The Morgan fingerprint density at radius 3 is 2.28 bits per heavy atom. The van der Waals surface area contributed by atoms with Crippen LogP contribution in [-0.2, 0) is 61.8 Å². The highest BCUT2D eigenvalue weighted by Gasteiger charge is 2.53. The molecule has 0 aromatic heterocycles. The lowest BCUT2D eigenvalue weighted by Gasteiger charge is -2.50. The zero-order valence-electron chi connectivity index (χ0n) is 34.9. The van der Waals surface area contributed by atoms with Gasteiger partial charge in [0.25, 0.3) is 0 Å². The number of methoxy groups -OCH3 is 1. The largest absolute Gasteiger partial charge is 0.462 e. The molecule has 0 aromatic rings. The molecule has 326 valence electrons. The molecule has 18 atom stereocenters. The molecule has 4 heterocycles. The first-order valence-electron chi connectivity index (χ1n) is 20.0. The van der Waals surface area contributed by atoms with Crippen LogP contribution in [0.2, 0.25) is 0 Å². The van der Waals surface area contributed by atoms with Gasteiger partial charge < -0.3 is 67.6 Å². The number of fused-ring (bicyclic) bond motifs is 1. The van der Waals surface area contributed by atoms with Crippen molar-refractivity contribution in [1.29, 1.82) is 0 Å². The predicted molar refractivity (Wildman–Crippen MR) is 200 cm³/mol. The molecule has 4 aliphatic heterocycles. The molecule has 3 saturated heterocycles. The van der Waals surface area contributed by atoms with Crippen LogP contribution in [0.3, 0.4) is 0 Å². The lowest BCUT2D eigenvalue weighted by Crippen LogP contribution is -2.66. The SMILES string of the molecule is CCC(=O)OC1C(C)OC(OC2C(C)OC(OC3C(CC=O)CC(C)C(O)/C=C/C4OC4CC(C)OC(=O)CC(OC(C)=O)C3OC)C(O)C2N(C)C)CC1(C)O. The van der Waals surface area contributed by atoms with Crippen molar-refractivity contribution in [2.45, 2.75) is 184 Å². The Balaban J connectivity index is 1.65. The Morgan fingerprint density at radius 2 is 1.68 bits per heavy atom. The minimum atomic E-state index is -1.49. The number of hydrogen-bond donors (Lipinski definition) is 3. The first-order chi connectivity index (χ1) is 26.8. The van der Waals surface area contributed by atoms with E-state index in [1.807, 2.05) is 6.92 Å². The van der Waals surface area contributed by atoms with E-state index in [1.54, 1.807) is 65.8 Å². The fourth-order valence-corrected chi connectivity index (χ4v) is 8.32. The molecule has 0 saturated carbocycles. The van der Waals surface area contributed by atoms with Crippen LogP contribution in [0.1, 0.15) is 87.0 Å². The molecule has 0 amide bonds. The first kappa shape index (κ1) is 47.1. The van der Waals surface area contributed by atoms with Crippen LogP contribution in [0, 0.1) is 11.8 Å². The lowest BCUT2D eigenvalue weighted by molar-refractivity contribution is -0.344. The van der Waals surface area contributed by atoms with Gasteiger partial charge in [-0.3, -0.25) is 14.4 Å². The summed E-state index contributed by atoms with van der Waals surface area (Å²) in [6, 6.07) is -0.782. The summed E-state index contributed by atoms with van der Waals surface area (Å²) in [6.45, 7) is 11.4. The van der Waals surface area contributed by atoms with Crippen LogP contribution in [0.15, 0.2) is 12.2 Å². The molecular weight excluding hydrogens is 750 g/mol. The highest BCUT2D eigenvalue weighted by Crippen LogP contribution is 2.38. The second-order valence-electron chi connectivity index (χ2n) is 16.4. The highest BCUT2D eigenvalue weighted by molar-refractivity contribution is 5.72. The van der Waals surface area contributed by atoms with Gasteiger partial charge in [0.05, 0.1) is 43.0 Å². The number of esters is 3. The summed E-state index contributed by atoms with van der Waals surface area (Å²) in [4.78, 5) is 51.9. The van der Waals surface area contributed by atoms with Gasteiger partial charge in [0.2, 0.25) is 0 Å². The molecule has 0 aromatic carbocycles. The number of aliphatic hydroxyl groups is 3. The minimum Gasteiger partial charge on any atom is -0.462 e. The number of rotatable bonds is 11. The van der Waals surface area contributed by atoms with Gasteiger partial charge >= 0.3 is 17.9 Å². The average Bonchev–Trinajstić information content (AvgIpc) is 3.86. The van der Waals surface area contributed by atoms with Crippen molar-refractivity contribution in [3.8, 4) is 0 Å². The monoisotopic (exact) mass is 815 g/mol. The Labute approximate surface area is 335 Å². The van der Waals surface area contributed by atoms with Crippen LogP contribution in [0.4, 0.5) is 0 Å². The van der Waals surface area contributed by atoms with Crippen LogP contribution in [0.25, 0.3) is 0 Å². The van der Waals surface area contributed by atoms with E-state index in [-0.39, 0.29) is 37.9 Å². The van der Waals surface area contributed by atoms with Crippen LogP contribution >= 0.6 is 0 Å². The maximum absolute atomic E-state index is 13.3. The second-order valence-corrected chi connectivity index (χ2v) is 16.4. The number of carbonyl (C=O) groups excluding carboxylic acids is 4. The van der Waals surface area contributed by atoms with E-state index in [4.69, 9.17) is 42.6 Å². The molecule has 3 N–H and O–H groups in total. The molecule has 57 heavy (non-hydrogen) atoms. The predicted octanol–water partition coefficient (Wildman–Crippen LogP) is 1.59. The standard InChI is InChI=1S/C40H65NO16/c1-11-30(45)55-38-23(5)51-32(19-40(38,7)48)56-35-22(4)52-39(34(47)33(35)41(8)9)57-36-25(14-15-42)16-20(2)26(44)12-13-27-28(54-27)17-21(3)50-31(46)18-29(37(36)49-10)53-24(6)43/h12-13,15,20-23,25-29,32-39,44,47-48H,11,14,16-19H2,1-10H3/b13-12+. The van der Waals surface area contributed by atoms with Crippen LogP contribution in [-0.4, -0.2) is 163 Å². The summed E-state index contributed by atoms with van der Waals surface area (Å²) >= 11 is 0. The summed E-state index contributed by atoms with van der Waals surface area (Å²) in [5, 5.41) is 34.5. The molecule has 17 nitrogen and oxygen atoms in total. The molecule has 18 unspecified atom stereocenters. The minimum absolute atomic E-state index is 0.0460. The van der Waals surface area contributed by atoms with Gasteiger partial charge in [0, 0.05) is 39.7 Å². The fourth-order valence-electron chi connectivity index (χ4n) is 8.32. The average molecular weight is 816 g/mol. The van der Waals surface area contributed by atoms with Crippen LogP contribution < -0.4 is 0 Å². The quantitative estimate of drug-likeness (QED) is 0.0887. The zero-order chi connectivity index (χ0) is 42.4. The first-order valence-corrected chi connectivity index (χ1v) is 20.0. The van der Waals surface area contributed by atoms with Crippen molar-refractivity contribution in [1.82, 2.24) is 4.90 Å². The van der Waals surface area contributed by atoms with Gasteiger partial charge in [-0.1, -0.05) is 26.0 Å². The summed E-state index contributed by atoms with van der Waals surface area (Å²) in [5.41, 5.74) is -1.49. The molecule has 3 fully saturated rings.